The lowest BCUT2D eigenvalue weighted by Crippen LogP contribution is -2.18. The van der Waals surface area contributed by atoms with E-state index in [9.17, 15) is 5.21 Å². The van der Waals surface area contributed by atoms with E-state index in [4.69, 9.17) is 0 Å². The molecule has 0 saturated heterocycles. The van der Waals surface area contributed by atoms with Crippen LogP contribution in [0.5, 0.6) is 0 Å². The van der Waals surface area contributed by atoms with E-state index in [-0.39, 0.29) is 0 Å². The lowest BCUT2D eigenvalue weighted by molar-refractivity contribution is 0.260. The summed E-state index contributed by atoms with van der Waals surface area (Å²) in [6.45, 7) is 3.81. The summed E-state index contributed by atoms with van der Waals surface area (Å²) in [5.41, 5.74) is 1.21. The maximum Gasteiger partial charge on any atom is 0.230 e. The fraction of sp³-hybridized carbons (Fsp3) is 0.125. The number of imidazole rings is 1. The van der Waals surface area contributed by atoms with E-state index in [0.29, 0.717) is 23.7 Å². The fourth-order valence-corrected chi connectivity index (χ4v) is 1.08. The van der Waals surface area contributed by atoms with Crippen molar-refractivity contribution in [3.05, 3.63) is 25.2 Å². The molecule has 0 radical (unpaired) electrons. The Balaban J connectivity index is 2.39. The molecular weight excluding hydrogens is 182 g/mol. The molecular formula is C8H9N5O. The average molecular weight is 191 g/mol. The van der Waals surface area contributed by atoms with Crippen LogP contribution in [0, 0.1) is 0 Å². The van der Waals surface area contributed by atoms with Gasteiger partial charge in [-0.15, -0.1) is 6.58 Å². The second-order valence-corrected chi connectivity index (χ2v) is 2.69. The third-order valence-electron chi connectivity index (χ3n) is 1.70. The van der Waals surface area contributed by atoms with Crippen LogP contribution >= 0.6 is 0 Å². The van der Waals surface area contributed by atoms with E-state index in [1.54, 1.807) is 12.3 Å². The van der Waals surface area contributed by atoms with Gasteiger partial charge in [-0.1, -0.05) is 6.08 Å². The Morgan fingerprint density at radius 3 is 3.21 bits per heavy atom. The topological polar surface area (TPSA) is 77.9 Å². The Kier molecular flexibility index (Phi) is 2.11. The number of anilines is 1. The monoisotopic (exact) mass is 191 g/mol. The summed E-state index contributed by atoms with van der Waals surface area (Å²) in [6, 6.07) is 0. The summed E-state index contributed by atoms with van der Waals surface area (Å²) in [4.78, 5) is 14.7. The Bertz CT molecular complexity index is 419. The molecule has 0 amide bonds. The zero-order chi connectivity index (χ0) is 9.97. The van der Waals surface area contributed by atoms with Gasteiger partial charge in [-0.25, -0.2) is 15.0 Å². The van der Waals surface area contributed by atoms with E-state index in [1.807, 2.05) is 0 Å². The van der Waals surface area contributed by atoms with E-state index in [2.05, 4.69) is 26.5 Å². The van der Waals surface area contributed by atoms with Crippen molar-refractivity contribution in [2.24, 2.45) is 0 Å². The van der Waals surface area contributed by atoms with Gasteiger partial charge in [0.1, 0.15) is 11.8 Å². The minimum absolute atomic E-state index is 0.299. The number of nitrogens with one attached hydrogen (secondary N) is 1. The Morgan fingerprint density at radius 2 is 2.50 bits per heavy atom. The smallest absolute Gasteiger partial charge is 0.230 e. The van der Waals surface area contributed by atoms with Crippen LogP contribution < -0.4 is 5.06 Å². The number of nitrogens with zero attached hydrogens (tertiary/aromatic N) is 4. The van der Waals surface area contributed by atoms with Gasteiger partial charge in [0.2, 0.25) is 5.95 Å². The van der Waals surface area contributed by atoms with Gasteiger partial charge in [-0.05, 0) is 0 Å². The van der Waals surface area contributed by atoms with Crippen molar-refractivity contribution in [2.45, 2.75) is 0 Å². The molecule has 14 heavy (non-hydrogen) atoms. The lowest BCUT2D eigenvalue weighted by atomic mass is 10.6. The minimum Gasteiger partial charge on any atom is -0.320 e. The van der Waals surface area contributed by atoms with Crippen molar-refractivity contribution < 1.29 is 5.21 Å². The molecule has 0 spiro atoms. The van der Waals surface area contributed by atoms with Crippen LogP contribution in [0.1, 0.15) is 0 Å². The third-order valence-corrected chi connectivity index (χ3v) is 1.70. The van der Waals surface area contributed by atoms with Crippen LogP contribution in [0.3, 0.4) is 0 Å². The summed E-state index contributed by atoms with van der Waals surface area (Å²) in [7, 11) is 0. The van der Waals surface area contributed by atoms with E-state index in [1.165, 1.54) is 6.33 Å². The van der Waals surface area contributed by atoms with Gasteiger partial charge in [0.15, 0.2) is 5.65 Å². The van der Waals surface area contributed by atoms with Gasteiger partial charge in [0.05, 0.1) is 12.7 Å². The number of H-pyrrole nitrogens is 1. The molecule has 6 heteroatoms. The lowest BCUT2D eigenvalue weighted by Gasteiger charge is -2.09. The first-order valence-electron chi connectivity index (χ1n) is 4.04. The van der Waals surface area contributed by atoms with E-state index in [0.717, 1.165) is 5.06 Å². The highest BCUT2D eigenvalue weighted by Gasteiger charge is 2.07. The molecule has 0 fully saturated rings. The van der Waals surface area contributed by atoms with Gasteiger partial charge in [-0.2, -0.15) is 4.98 Å². The number of hydrogen-bond acceptors (Lipinski definition) is 5. The van der Waals surface area contributed by atoms with E-state index < -0.39 is 0 Å². The molecule has 2 rings (SSSR count). The van der Waals surface area contributed by atoms with Crippen LogP contribution in [0.25, 0.3) is 11.2 Å². The number of aromatic amines is 1. The molecule has 2 aromatic heterocycles. The molecule has 0 saturated carbocycles. The van der Waals surface area contributed by atoms with Gasteiger partial charge in [0, 0.05) is 0 Å². The van der Waals surface area contributed by atoms with Gasteiger partial charge < -0.3 is 4.98 Å². The second-order valence-electron chi connectivity index (χ2n) is 2.69. The number of fused-ring (bicyclic) bond motifs is 1. The SMILES string of the molecule is C=CCN(O)c1nc2ncncc2[nH]1. The van der Waals surface area contributed by atoms with Gasteiger partial charge in [-0.3, -0.25) is 5.21 Å². The van der Waals surface area contributed by atoms with Crippen molar-refractivity contribution in [3.63, 3.8) is 0 Å². The summed E-state index contributed by atoms with van der Waals surface area (Å²) in [6.07, 6.45) is 4.57. The molecule has 72 valence electrons. The highest BCUT2D eigenvalue weighted by atomic mass is 16.5. The van der Waals surface area contributed by atoms with E-state index >= 15 is 0 Å². The summed E-state index contributed by atoms with van der Waals surface area (Å²) in [5.74, 6) is 0.334. The number of rotatable bonds is 3. The first-order valence-corrected chi connectivity index (χ1v) is 4.04. The maximum atomic E-state index is 9.44. The van der Waals surface area contributed by atoms with Crippen molar-refractivity contribution in [1.29, 1.82) is 0 Å². The molecule has 0 aromatic carbocycles. The molecule has 6 nitrogen and oxygen atoms in total. The zero-order valence-corrected chi connectivity index (χ0v) is 7.38. The second kappa shape index (κ2) is 3.43. The highest BCUT2D eigenvalue weighted by Crippen LogP contribution is 2.12. The average Bonchev–Trinajstić information content (AvgIpc) is 2.61. The molecule has 2 aromatic rings. The molecule has 0 aliphatic carbocycles. The zero-order valence-electron chi connectivity index (χ0n) is 7.38. The Morgan fingerprint density at radius 1 is 1.64 bits per heavy atom. The van der Waals surface area contributed by atoms with Crippen LogP contribution in [-0.2, 0) is 0 Å². The Hall–Kier alpha value is -1.95. The largest absolute Gasteiger partial charge is 0.320 e. The Labute approximate surface area is 79.9 Å². The van der Waals surface area contributed by atoms with Crippen molar-refractivity contribution >= 4 is 17.1 Å². The number of hydroxylamine groups is 1. The van der Waals surface area contributed by atoms with Crippen LogP contribution in [0.15, 0.2) is 25.2 Å². The van der Waals surface area contributed by atoms with Crippen molar-refractivity contribution in [3.8, 4) is 0 Å². The normalized spacial score (nSPS) is 10.4. The summed E-state index contributed by atoms with van der Waals surface area (Å²) >= 11 is 0. The first kappa shape index (κ1) is 8.64. The molecule has 2 heterocycles. The van der Waals surface area contributed by atoms with Crippen molar-refractivity contribution in [1.82, 2.24) is 19.9 Å². The summed E-state index contributed by atoms with van der Waals surface area (Å²) in [5, 5.41) is 10.4. The molecule has 0 bridgehead atoms. The van der Waals surface area contributed by atoms with Gasteiger partial charge in [0.25, 0.3) is 0 Å². The molecule has 0 aliphatic heterocycles. The quantitative estimate of drug-likeness (QED) is 0.552. The number of aromatic nitrogens is 4. The van der Waals surface area contributed by atoms with Crippen LogP contribution in [-0.4, -0.2) is 31.7 Å². The maximum absolute atomic E-state index is 9.44. The predicted molar refractivity (Wildman–Crippen MR) is 51.0 cm³/mol. The summed E-state index contributed by atoms with van der Waals surface area (Å²) < 4.78 is 0. The molecule has 0 aliphatic rings. The van der Waals surface area contributed by atoms with Crippen LogP contribution in [0.2, 0.25) is 0 Å². The van der Waals surface area contributed by atoms with Crippen molar-refractivity contribution in [2.75, 3.05) is 11.6 Å². The minimum atomic E-state index is 0.299. The predicted octanol–water partition coefficient (Wildman–Crippen LogP) is 0.734. The third kappa shape index (κ3) is 1.42. The number of hydrogen-bond donors (Lipinski definition) is 2. The fourth-order valence-electron chi connectivity index (χ4n) is 1.08. The molecule has 0 unspecified atom stereocenters. The highest BCUT2D eigenvalue weighted by molar-refractivity contribution is 5.71. The molecule has 0 atom stereocenters. The van der Waals surface area contributed by atoms with Crippen LogP contribution in [0.4, 0.5) is 5.95 Å². The molecule has 2 N–H and O–H groups in total. The standard InChI is InChI=1S/C8H9N5O/c1-2-3-13(14)8-11-6-4-9-5-10-7(6)12-8/h2,4-5,14H,1,3H2,(H,9,10,11,12). The first-order chi connectivity index (χ1) is 6.81. The van der Waals surface area contributed by atoms with Gasteiger partial charge >= 0.3 is 0 Å².